The van der Waals surface area contributed by atoms with Gasteiger partial charge in [0, 0.05) is 31.9 Å². The van der Waals surface area contributed by atoms with Crippen molar-refractivity contribution < 1.29 is 9.53 Å². The molecule has 0 spiro atoms. The van der Waals surface area contributed by atoms with Gasteiger partial charge < -0.3 is 14.5 Å². The van der Waals surface area contributed by atoms with Crippen LogP contribution in [0.2, 0.25) is 0 Å². The van der Waals surface area contributed by atoms with Crippen molar-refractivity contribution in [1.82, 2.24) is 14.8 Å². The maximum Gasteiger partial charge on any atom is 0.237 e. The van der Waals surface area contributed by atoms with E-state index in [1.165, 1.54) is 11.8 Å². The Bertz CT molecular complexity index is 896. The predicted octanol–water partition coefficient (Wildman–Crippen LogP) is 2.79. The normalized spacial score (nSPS) is 13.9. The number of aromatic nitrogens is 3. The molecular weight excluding hydrogens is 400 g/mol. The number of aryl methyl sites for hydroxylation is 2. The molecule has 0 unspecified atom stereocenters. The second-order valence-electron chi connectivity index (χ2n) is 7.21. The number of ether oxygens (including phenoxy) is 1. The van der Waals surface area contributed by atoms with Gasteiger partial charge in [-0.1, -0.05) is 17.8 Å². The van der Waals surface area contributed by atoms with Crippen molar-refractivity contribution in [2.45, 2.75) is 38.9 Å². The zero-order valence-corrected chi connectivity index (χ0v) is 18.6. The molecule has 1 fully saturated rings. The summed E-state index contributed by atoms with van der Waals surface area (Å²) in [5.41, 5.74) is 3.01. The van der Waals surface area contributed by atoms with Crippen LogP contribution in [0, 0.1) is 25.2 Å². The molecule has 1 aromatic heterocycles. The Morgan fingerprint density at radius 1 is 1.23 bits per heavy atom. The molecule has 0 saturated carbocycles. The Balaban J connectivity index is 1.73. The van der Waals surface area contributed by atoms with Crippen molar-refractivity contribution in [3.63, 3.8) is 0 Å². The molecule has 1 aliphatic heterocycles. The van der Waals surface area contributed by atoms with Crippen LogP contribution in [0.4, 0.5) is 11.6 Å². The van der Waals surface area contributed by atoms with Crippen LogP contribution >= 0.6 is 11.8 Å². The highest BCUT2D eigenvalue weighted by molar-refractivity contribution is 7.99. The molecule has 160 valence electrons. The maximum atomic E-state index is 13.1. The number of carbonyl (C=O) groups excluding carboxylic acids is 1. The first kappa shape index (κ1) is 22.1. The highest BCUT2D eigenvalue weighted by Gasteiger charge is 2.22. The standard InChI is InChI=1S/C21H28N6O2S/c1-4-26-20(25-8-10-29-11-9-25)23-24-21(26)30-15-19(28)27(7-5-6-22)18-13-16(2)12-17(3)14-18/h12-14H,4-5,7-11,15H2,1-3H3. The lowest BCUT2D eigenvalue weighted by molar-refractivity contribution is -0.116. The summed E-state index contributed by atoms with van der Waals surface area (Å²) >= 11 is 1.39. The van der Waals surface area contributed by atoms with Gasteiger partial charge >= 0.3 is 0 Å². The molecule has 3 rings (SSSR count). The molecule has 1 aromatic carbocycles. The third-order valence-electron chi connectivity index (χ3n) is 4.90. The molecule has 8 nitrogen and oxygen atoms in total. The Kier molecular flexibility index (Phi) is 7.71. The number of benzene rings is 1. The minimum absolute atomic E-state index is 0.0428. The topological polar surface area (TPSA) is 87.3 Å². The van der Waals surface area contributed by atoms with Gasteiger partial charge in [0.05, 0.1) is 31.5 Å². The molecular formula is C21H28N6O2S. The number of carbonyl (C=O) groups is 1. The molecule has 0 N–H and O–H groups in total. The maximum absolute atomic E-state index is 13.1. The number of morpholine rings is 1. The van der Waals surface area contributed by atoms with Crippen LogP contribution in [0.15, 0.2) is 23.4 Å². The SMILES string of the molecule is CCn1c(SCC(=O)N(CCC#N)c2cc(C)cc(C)c2)nnc1N1CCOCC1. The summed E-state index contributed by atoms with van der Waals surface area (Å²) in [5.74, 6) is 1.02. The van der Waals surface area contributed by atoms with Crippen molar-refractivity contribution in [3.05, 3.63) is 29.3 Å². The van der Waals surface area contributed by atoms with E-state index in [9.17, 15) is 4.79 Å². The van der Waals surface area contributed by atoms with E-state index in [2.05, 4.69) is 27.2 Å². The molecule has 1 saturated heterocycles. The number of amides is 1. The fourth-order valence-electron chi connectivity index (χ4n) is 3.53. The summed E-state index contributed by atoms with van der Waals surface area (Å²) < 4.78 is 7.46. The first-order valence-corrected chi connectivity index (χ1v) is 11.2. The van der Waals surface area contributed by atoms with Crippen molar-refractivity contribution >= 4 is 29.3 Å². The van der Waals surface area contributed by atoms with Gasteiger partial charge in [0.25, 0.3) is 0 Å². The van der Waals surface area contributed by atoms with E-state index >= 15 is 0 Å². The molecule has 1 aliphatic rings. The van der Waals surface area contributed by atoms with Crippen molar-refractivity contribution in [3.8, 4) is 6.07 Å². The largest absolute Gasteiger partial charge is 0.378 e. The van der Waals surface area contributed by atoms with E-state index in [0.717, 1.165) is 47.6 Å². The monoisotopic (exact) mass is 428 g/mol. The van der Waals surface area contributed by atoms with Gasteiger partial charge in [0.1, 0.15) is 0 Å². The van der Waals surface area contributed by atoms with Crippen LogP contribution in [-0.4, -0.2) is 59.3 Å². The van der Waals surface area contributed by atoms with E-state index in [1.54, 1.807) is 4.90 Å². The Morgan fingerprint density at radius 2 is 1.93 bits per heavy atom. The van der Waals surface area contributed by atoms with Crippen molar-refractivity contribution in [2.75, 3.05) is 48.4 Å². The Morgan fingerprint density at radius 3 is 2.57 bits per heavy atom. The van der Waals surface area contributed by atoms with E-state index in [1.807, 2.05) is 37.5 Å². The average Bonchev–Trinajstić information content (AvgIpc) is 3.15. The van der Waals surface area contributed by atoms with E-state index in [-0.39, 0.29) is 18.1 Å². The quantitative estimate of drug-likeness (QED) is 0.598. The lowest BCUT2D eigenvalue weighted by Crippen LogP contribution is -2.38. The Labute approximate surface area is 181 Å². The van der Waals surface area contributed by atoms with E-state index in [0.29, 0.717) is 19.8 Å². The fraction of sp³-hybridized carbons (Fsp3) is 0.524. The average molecular weight is 429 g/mol. The predicted molar refractivity (Wildman–Crippen MR) is 118 cm³/mol. The first-order valence-electron chi connectivity index (χ1n) is 10.2. The lowest BCUT2D eigenvalue weighted by atomic mass is 10.1. The van der Waals surface area contributed by atoms with E-state index in [4.69, 9.17) is 10.00 Å². The van der Waals surface area contributed by atoms with Gasteiger partial charge in [-0.3, -0.25) is 9.36 Å². The number of hydrogen-bond acceptors (Lipinski definition) is 7. The van der Waals surface area contributed by atoms with Crippen LogP contribution in [0.25, 0.3) is 0 Å². The molecule has 0 radical (unpaired) electrons. The minimum Gasteiger partial charge on any atom is -0.378 e. The van der Waals surface area contributed by atoms with Gasteiger partial charge in [0.15, 0.2) is 5.16 Å². The minimum atomic E-state index is -0.0428. The summed E-state index contributed by atoms with van der Waals surface area (Å²) in [4.78, 5) is 16.9. The van der Waals surface area contributed by atoms with Crippen LogP contribution in [0.3, 0.4) is 0 Å². The molecule has 2 aromatic rings. The van der Waals surface area contributed by atoms with Crippen LogP contribution in [0.1, 0.15) is 24.5 Å². The highest BCUT2D eigenvalue weighted by Crippen LogP contribution is 2.25. The summed E-state index contributed by atoms with van der Waals surface area (Å²) in [6.45, 7) is 10.1. The summed E-state index contributed by atoms with van der Waals surface area (Å²) in [6, 6.07) is 8.18. The molecule has 9 heteroatoms. The third kappa shape index (κ3) is 5.32. The number of anilines is 2. The van der Waals surface area contributed by atoms with Gasteiger partial charge in [0.2, 0.25) is 11.9 Å². The van der Waals surface area contributed by atoms with Crippen molar-refractivity contribution in [2.24, 2.45) is 0 Å². The third-order valence-corrected chi connectivity index (χ3v) is 5.85. The molecule has 2 heterocycles. The van der Waals surface area contributed by atoms with Crippen molar-refractivity contribution in [1.29, 1.82) is 5.26 Å². The molecule has 0 atom stereocenters. The highest BCUT2D eigenvalue weighted by atomic mass is 32.2. The number of rotatable bonds is 8. The zero-order chi connectivity index (χ0) is 21.5. The number of nitrogens with zero attached hydrogens (tertiary/aromatic N) is 6. The molecule has 30 heavy (non-hydrogen) atoms. The second kappa shape index (κ2) is 10.5. The molecule has 0 bridgehead atoms. The molecule has 0 aliphatic carbocycles. The second-order valence-corrected chi connectivity index (χ2v) is 8.16. The fourth-order valence-corrected chi connectivity index (χ4v) is 4.41. The lowest BCUT2D eigenvalue weighted by Gasteiger charge is -2.27. The first-order chi connectivity index (χ1) is 14.5. The van der Waals surface area contributed by atoms with Crippen LogP contribution in [-0.2, 0) is 16.1 Å². The smallest absolute Gasteiger partial charge is 0.237 e. The molecule has 1 amide bonds. The summed E-state index contributed by atoms with van der Waals surface area (Å²) in [5, 5.41) is 18.4. The summed E-state index contributed by atoms with van der Waals surface area (Å²) in [7, 11) is 0. The summed E-state index contributed by atoms with van der Waals surface area (Å²) in [6.07, 6.45) is 0.287. The zero-order valence-electron chi connectivity index (χ0n) is 17.8. The van der Waals surface area contributed by atoms with Crippen LogP contribution < -0.4 is 9.80 Å². The number of nitriles is 1. The van der Waals surface area contributed by atoms with Gasteiger partial charge in [-0.25, -0.2) is 0 Å². The number of thioether (sulfide) groups is 1. The number of hydrogen-bond donors (Lipinski definition) is 0. The van der Waals surface area contributed by atoms with Gasteiger partial charge in [-0.2, -0.15) is 5.26 Å². The Hall–Kier alpha value is -2.57. The van der Waals surface area contributed by atoms with E-state index < -0.39 is 0 Å². The van der Waals surface area contributed by atoms with Crippen LogP contribution in [0.5, 0.6) is 0 Å². The van der Waals surface area contributed by atoms with Gasteiger partial charge in [-0.15, -0.1) is 10.2 Å². The van der Waals surface area contributed by atoms with Gasteiger partial charge in [-0.05, 0) is 44.0 Å².